The van der Waals surface area contributed by atoms with E-state index in [1.165, 1.54) is 0 Å². The van der Waals surface area contributed by atoms with Gasteiger partial charge in [-0.3, -0.25) is 0 Å². The van der Waals surface area contributed by atoms with Gasteiger partial charge in [-0.25, -0.2) is 14.6 Å². The lowest BCUT2D eigenvalue weighted by atomic mass is 10.2. The van der Waals surface area contributed by atoms with Gasteiger partial charge < -0.3 is 4.74 Å². The Hall–Kier alpha value is -0.610. The highest BCUT2D eigenvalue weighted by Gasteiger charge is 2.24. The predicted octanol–water partition coefficient (Wildman–Crippen LogP) is 3.25. The third-order valence-corrected chi connectivity index (χ3v) is 1.97. The lowest BCUT2D eigenvalue weighted by Crippen LogP contribution is -2.31. The maximum Gasteiger partial charge on any atom is 0.338 e. The van der Waals surface area contributed by atoms with Gasteiger partial charge in [0.25, 0.3) is 0 Å². The molecule has 0 aliphatic rings. The second-order valence-corrected chi connectivity index (χ2v) is 5.09. The summed E-state index contributed by atoms with van der Waals surface area (Å²) in [4.78, 5) is 22.0. The van der Waals surface area contributed by atoms with Crippen LogP contribution in [0, 0.1) is 0 Å². The zero-order valence-electron chi connectivity index (χ0n) is 11.7. The molecule has 1 atom stereocenters. The van der Waals surface area contributed by atoms with Crippen LogP contribution >= 0.6 is 0 Å². The van der Waals surface area contributed by atoms with Crippen LogP contribution in [0.5, 0.6) is 0 Å². The van der Waals surface area contributed by atoms with E-state index in [0.29, 0.717) is 13.0 Å². The van der Waals surface area contributed by atoms with Gasteiger partial charge in [0.15, 0.2) is 6.10 Å². The highest BCUT2D eigenvalue weighted by molar-refractivity contribution is 5.74. The third-order valence-electron chi connectivity index (χ3n) is 1.97. The molecule has 0 aromatic heterocycles. The second-order valence-electron chi connectivity index (χ2n) is 5.09. The molecule has 0 aliphatic heterocycles. The van der Waals surface area contributed by atoms with Gasteiger partial charge in [-0.15, -0.1) is 0 Å². The average molecular weight is 246 g/mol. The summed E-state index contributed by atoms with van der Waals surface area (Å²) in [5, 5.41) is 0. The minimum Gasteiger partial charge on any atom is -0.464 e. The molecule has 17 heavy (non-hydrogen) atoms. The molecule has 0 bridgehead atoms. The van der Waals surface area contributed by atoms with Crippen molar-refractivity contribution >= 4 is 5.97 Å². The van der Waals surface area contributed by atoms with E-state index in [4.69, 9.17) is 14.5 Å². The van der Waals surface area contributed by atoms with E-state index < -0.39 is 11.7 Å². The van der Waals surface area contributed by atoms with Crippen molar-refractivity contribution in [2.45, 2.75) is 72.0 Å². The van der Waals surface area contributed by atoms with Crippen molar-refractivity contribution < 1.29 is 19.3 Å². The maximum absolute atomic E-state index is 11.7. The van der Waals surface area contributed by atoms with Crippen LogP contribution in [0.15, 0.2) is 0 Å². The van der Waals surface area contributed by atoms with Gasteiger partial charge in [0.05, 0.1) is 12.2 Å². The summed E-state index contributed by atoms with van der Waals surface area (Å²) in [5.41, 5.74) is -0.421. The van der Waals surface area contributed by atoms with Crippen molar-refractivity contribution in [1.29, 1.82) is 0 Å². The first-order valence-electron chi connectivity index (χ1n) is 6.41. The van der Waals surface area contributed by atoms with Crippen LogP contribution in [0.4, 0.5) is 0 Å². The Kier molecular flexibility index (Phi) is 8.17. The van der Waals surface area contributed by atoms with Gasteiger partial charge in [0.1, 0.15) is 0 Å². The number of carbonyl (C=O) groups is 1. The fourth-order valence-electron chi connectivity index (χ4n) is 1.08. The zero-order valence-corrected chi connectivity index (χ0v) is 11.7. The molecule has 0 heterocycles. The van der Waals surface area contributed by atoms with Crippen molar-refractivity contribution in [3.63, 3.8) is 0 Å². The number of unbranched alkanes of at least 4 members (excludes halogenated alkanes) is 1. The molecule has 0 aromatic carbocycles. The second kappa shape index (κ2) is 8.48. The molecule has 0 amide bonds. The Balaban J connectivity index is 4.07. The van der Waals surface area contributed by atoms with E-state index in [2.05, 4.69) is 6.92 Å². The van der Waals surface area contributed by atoms with Crippen molar-refractivity contribution in [3.8, 4) is 0 Å². The van der Waals surface area contributed by atoms with Crippen molar-refractivity contribution in [3.05, 3.63) is 0 Å². The molecule has 0 saturated heterocycles. The lowest BCUT2D eigenvalue weighted by molar-refractivity contribution is -0.368. The highest BCUT2D eigenvalue weighted by Crippen LogP contribution is 2.13. The molecular weight excluding hydrogens is 220 g/mol. The van der Waals surface area contributed by atoms with Crippen LogP contribution in [0.25, 0.3) is 0 Å². The Morgan fingerprint density at radius 3 is 2.29 bits per heavy atom. The third kappa shape index (κ3) is 9.12. The van der Waals surface area contributed by atoms with E-state index >= 15 is 0 Å². The van der Waals surface area contributed by atoms with E-state index in [-0.39, 0.29) is 5.97 Å². The lowest BCUT2D eigenvalue weighted by Gasteiger charge is -2.22. The smallest absolute Gasteiger partial charge is 0.338 e. The summed E-state index contributed by atoms with van der Waals surface area (Å²) < 4.78 is 5.12. The maximum atomic E-state index is 11.7. The van der Waals surface area contributed by atoms with Crippen LogP contribution in [0.3, 0.4) is 0 Å². The Morgan fingerprint density at radius 2 is 1.82 bits per heavy atom. The molecule has 1 unspecified atom stereocenters. The minimum absolute atomic E-state index is 0.329. The van der Waals surface area contributed by atoms with E-state index in [9.17, 15) is 4.79 Å². The van der Waals surface area contributed by atoms with Crippen LogP contribution in [0.1, 0.15) is 60.3 Å². The Labute approximate surface area is 105 Å². The number of carbonyl (C=O) groups excluding carboxylic acids is 1. The molecular formula is C13H26O4. The predicted molar refractivity (Wildman–Crippen MR) is 66.5 cm³/mol. The Bertz CT molecular complexity index is 208. The molecule has 102 valence electrons. The summed E-state index contributed by atoms with van der Waals surface area (Å²) in [7, 11) is 0. The summed E-state index contributed by atoms with van der Waals surface area (Å²) in [6, 6.07) is 0. The summed E-state index contributed by atoms with van der Waals surface area (Å²) in [6.07, 6.45) is 2.73. The molecule has 4 nitrogen and oxygen atoms in total. The number of hydrogen-bond acceptors (Lipinski definition) is 4. The van der Waals surface area contributed by atoms with E-state index in [0.717, 1.165) is 19.3 Å². The summed E-state index contributed by atoms with van der Waals surface area (Å²) >= 11 is 0. The Morgan fingerprint density at radius 1 is 1.18 bits per heavy atom. The van der Waals surface area contributed by atoms with E-state index in [1.807, 2.05) is 27.7 Å². The monoisotopic (exact) mass is 246 g/mol. The summed E-state index contributed by atoms with van der Waals surface area (Å²) in [5.74, 6) is -0.329. The number of esters is 1. The summed E-state index contributed by atoms with van der Waals surface area (Å²) in [6.45, 7) is 10.1. The molecule has 0 aromatic rings. The van der Waals surface area contributed by atoms with Gasteiger partial charge in [-0.05, 0) is 33.6 Å². The average Bonchev–Trinajstić information content (AvgIpc) is 2.23. The normalized spacial score (nSPS) is 13.5. The van der Waals surface area contributed by atoms with Crippen LogP contribution in [-0.2, 0) is 19.3 Å². The van der Waals surface area contributed by atoms with Gasteiger partial charge in [0, 0.05) is 0 Å². The zero-order chi connectivity index (χ0) is 13.3. The number of ether oxygens (including phenoxy) is 1. The fourth-order valence-corrected chi connectivity index (χ4v) is 1.08. The first-order valence-corrected chi connectivity index (χ1v) is 6.41. The molecule has 0 rings (SSSR count). The molecule has 0 radical (unpaired) electrons. The fraction of sp³-hybridized carbons (Fsp3) is 0.923. The highest BCUT2D eigenvalue weighted by atomic mass is 17.2. The quantitative estimate of drug-likeness (QED) is 0.285. The van der Waals surface area contributed by atoms with Gasteiger partial charge >= 0.3 is 5.97 Å². The van der Waals surface area contributed by atoms with Crippen LogP contribution < -0.4 is 0 Å². The number of hydrogen-bond donors (Lipinski definition) is 0. The molecule has 0 saturated carbocycles. The van der Waals surface area contributed by atoms with Crippen molar-refractivity contribution in [2.75, 3.05) is 6.61 Å². The standard InChI is InChI=1S/C13H26O4/c1-6-8-10-15-12(14)11(9-7-2)16-17-13(3,4)5/h11H,6-10H2,1-5H3. The molecule has 0 fully saturated rings. The number of rotatable bonds is 8. The first kappa shape index (κ1) is 16.4. The van der Waals surface area contributed by atoms with Crippen molar-refractivity contribution in [1.82, 2.24) is 0 Å². The largest absolute Gasteiger partial charge is 0.464 e. The van der Waals surface area contributed by atoms with Gasteiger partial charge in [-0.1, -0.05) is 26.7 Å². The minimum atomic E-state index is -0.615. The van der Waals surface area contributed by atoms with Crippen LogP contribution in [0.2, 0.25) is 0 Å². The topological polar surface area (TPSA) is 44.8 Å². The van der Waals surface area contributed by atoms with Crippen molar-refractivity contribution in [2.24, 2.45) is 0 Å². The molecule has 0 aliphatic carbocycles. The van der Waals surface area contributed by atoms with Gasteiger partial charge in [0.2, 0.25) is 0 Å². The van der Waals surface area contributed by atoms with Gasteiger partial charge in [-0.2, -0.15) is 0 Å². The molecule has 0 N–H and O–H groups in total. The van der Waals surface area contributed by atoms with Crippen LogP contribution in [-0.4, -0.2) is 24.3 Å². The van der Waals surface area contributed by atoms with E-state index in [1.54, 1.807) is 0 Å². The molecule has 4 heteroatoms. The molecule has 0 spiro atoms. The SMILES string of the molecule is CCCCOC(=O)C(CCC)OOC(C)(C)C. The first-order chi connectivity index (χ1) is 7.90.